The van der Waals surface area contributed by atoms with Crippen molar-refractivity contribution in [1.82, 2.24) is 14.8 Å². The first-order valence-corrected chi connectivity index (χ1v) is 6.63. The molecule has 0 saturated carbocycles. The summed E-state index contributed by atoms with van der Waals surface area (Å²) in [6.07, 6.45) is 3.33. The number of hydrogen-bond donors (Lipinski definition) is 0. The Balaban J connectivity index is 1.81. The molecule has 2 heterocycles. The van der Waals surface area contributed by atoms with Crippen LogP contribution in [0.25, 0.3) is 0 Å². The number of piperazine rings is 1. The average molecular weight is 263 g/mol. The lowest BCUT2D eigenvalue weighted by atomic mass is 10.2. The van der Waals surface area contributed by atoms with E-state index < -0.39 is 0 Å². The summed E-state index contributed by atoms with van der Waals surface area (Å²) in [6, 6.07) is 4.03. The molecule has 1 aromatic heterocycles. The maximum Gasteiger partial charge on any atom is 0.251 e. The van der Waals surface area contributed by atoms with E-state index in [1.54, 1.807) is 20.2 Å². The van der Waals surface area contributed by atoms with Crippen molar-refractivity contribution in [3.8, 4) is 0 Å². The van der Waals surface area contributed by atoms with Gasteiger partial charge in [0.15, 0.2) is 0 Å². The molecule has 5 heteroatoms. The van der Waals surface area contributed by atoms with Crippen LogP contribution in [0.2, 0.25) is 0 Å². The summed E-state index contributed by atoms with van der Waals surface area (Å²) in [7, 11) is 1.57. The van der Waals surface area contributed by atoms with Crippen LogP contribution in [0.4, 0.5) is 0 Å². The number of carbonyl (C=O) groups excluding carboxylic acids is 1. The standard InChI is InChI=1S/C14H21N3O2/c1-12(19-2)14(18)17-8-6-16(7-9-17)11-13-4-3-5-15-10-13/h3-5,10,12H,6-9,11H2,1-2H3. The van der Waals surface area contributed by atoms with Gasteiger partial charge in [-0.2, -0.15) is 0 Å². The van der Waals surface area contributed by atoms with Gasteiger partial charge in [0.25, 0.3) is 5.91 Å². The lowest BCUT2D eigenvalue weighted by molar-refractivity contribution is -0.142. The first-order chi connectivity index (χ1) is 9.20. The molecule has 1 atom stereocenters. The van der Waals surface area contributed by atoms with E-state index in [0.29, 0.717) is 0 Å². The Morgan fingerprint density at radius 1 is 1.42 bits per heavy atom. The molecular formula is C14H21N3O2. The Morgan fingerprint density at radius 2 is 2.16 bits per heavy atom. The zero-order chi connectivity index (χ0) is 13.7. The molecule has 0 aliphatic carbocycles. The van der Waals surface area contributed by atoms with Crippen LogP contribution in [-0.4, -0.2) is 60.1 Å². The van der Waals surface area contributed by atoms with Crippen LogP contribution in [0.5, 0.6) is 0 Å². The molecule has 0 N–H and O–H groups in total. The van der Waals surface area contributed by atoms with E-state index in [9.17, 15) is 4.79 Å². The van der Waals surface area contributed by atoms with Crippen molar-refractivity contribution in [3.05, 3.63) is 30.1 Å². The second-order valence-electron chi connectivity index (χ2n) is 4.84. The van der Waals surface area contributed by atoms with E-state index in [-0.39, 0.29) is 12.0 Å². The molecule has 1 fully saturated rings. The Bertz CT molecular complexity index is 402. The summed E-state index contributed by atoms with van der Waals surface area (Å²) in [5, 5.41) is 0. The minimum absolute atomic E-state index is 0.0866. The van der Waals surface area contributed by atoms with Gasteiger partial charge in [0.05, 0.1) is 0 Å². The van der Waals surface area contributed by atoms with Crippen molar-refractivity contribution >= 4 is 5.91 Å². The van der Waals surface area contributed by atoms with Gasteiger partial charge in [-0.05, 0) is 18.6 Å². The smallest absolute Gasteiger partial charge is 0.251 e. The zero-order valence-electron chi connectivity index (χ0n) is 11.6. The lowest BCUT2D eigenvalue weighted by Gasteiger charge is -2.35. The maximum absolute atomic E-state index is 12.0. The minimum Gasteiger partial charge on any atom is -0.372 e. The van der Waals surface area contributed by atoms with Gasteiger partial charge in [0, 0.05) is 52.2 Å². The molecule has 0 radical (unpaired) electrons. The fourth-order valence-electron chi connectivity index (χ4n) is 2.23. The maximum atomic E-state index is 12.0. The van der Waals surface area contributed by atoms with Crippen LogP contribution in [0.3, 0.4) is 0 Å². The highest BCUT2D eigenvalue weighted by atomic mass is 16.5. The van der Waals surface area contributed by atoms with Crippen molar-refractivity contribution in [2.45, 2.75) is 19.6 Å². The second kappa shape index (κ2) is 6.63. The van der Waals surface area contributed by atoms with Crippen LogP contribution >= 0.6 is 0 Å². The quantitative estimate of drug-likeness (QED) is 0.804. The first-order valence-electron chi connectivity index (χ1n) is 6.63. The molecule has 104 valence electrons. The average Bonchev–Trinajstić information content (AvgIpc) is 2.47. The van der Waals surface area contributed by atoms with E-state index in [2.05, 4.69) is 16.0 Å². The summed E-state index contributed by atoms with van der Waals surface area (Å²) in [5.74, 6) is 0.0866. The number of methoxy groups -OCH3 is 1. The van der Waals surface area contributed by atoms with Gasteiger partial charge in [-0.15, -0.1) is 0 Å². The Hall–Kier alpha value is -1.46. The third-order valence-corrected chi connectivity index (χ3v) is 3.51. The van der Waals surface area contributed by atoms with Crippen LogP contribution in [0.1, 0.15) is 12.5 Å². The monoisotopic (exact) mass is 263 g/mol. The van der Waals surface area contributed by atoms with Crippen molar-refractivity contribution in [2.75, 3.05) is 33.3 Å². The fourth-order valence-corrected chi connectivity index (χ4v) is 2.23. The van der Waals surface area contributed by atoms with E-state index >= 15 is 0 Å². The molecule has 1 aliphatic heterocycles. The number of ether oxygens (including phenoxy) is 1. The van der Waals surface area contributed by atoms with E-state index in [1.165, 1.54) is 5.56 Å². The van der Waals surface area contributed by atoms with Gasteiger partial charge in [-0.3, -0.25) is 14.7 Å². The SMILES string of the molecule is COC(C)C(=O)N1CCN(Cc2cccnc2)CC1. The van der Waals surface area contributed by atoms with Crippen LogP contribution < -0.4 is 0 Å². The molecule has 2 rings (SSSR count). The molecule has 5 nitrogen and oxygen atoms in total. The number of nitrogens with zero attached hydrogens (tertiary/aromatic N) is 3. The zero-order valence-corrected chi connectivity index (χ0v) is 11.6. The summed E-state index contributed by atoms with van der Waals surface area (Å²) in [4.78, 5) is 20.3. The van der Waals surface area contributed by atoms with Gasteiger partial charge >= 0.3 is 0 Å². The van der Waals surface area contributed by atoms with E-state index in [1.807, 2.05) is 17.2 Å². The van der Waals surface area contributed by atoms with Gasteiger partial charge in [0.1, 0.15) is 6.10 Å². The first kappa shape index (κ1) is 14.0. The van der Waals surface area contributed by atoms with Crippen molar-refractivity contribution in [3.63, 3.8) is 0 Å². The number of amides is 1. The van der Waals surface area contributed by atoms with Crippen molar-refractivity contribution < 1.29 is 9.53 Å². The van der Waals surface area contributed by atoms with Crippen molar-refractivity contribution in [2.24, 2.45) is 0 Å². The normalized spacial score (nSPS) is 18.3. The predicted octanol–water partition coefficient (Wildman–Crippen LogP) is 0.761. The van der Waals surface area contributed by atoms with Crippen LogP contribution in [0.15, 0.2) is 24.5 Å². The molecule has 1 unspecified atom stereocenters. The Labute approximate surface area is 114 Å². The highest BCUT2D eigenvalue weighted by Gasteiger charge is 2.24. The predicted molar refractivity (Wildman–Crippen MR) is 72.6 cm³/mol. The third kappa shape index (κ3) is 3.75. The molecule has 0 aromatic carbocycles. The summed E-state index contributed by atoms with van der Waals surface area (Å²) >= 11 is 0. The largest absolute Gasteiger partial charge is 0.372 e. The number of hydrogen-bond acceptors (Lipinski definition) is 4. The molecule has 1 saturated heterocycles. The molecular weight excluding hydrogens is 242 g/mol. The Morgan fingerprint density at radius 3 is 2.74 bits per heavy atom. The van der Waals surface area contributed by atoms with Crippen molar-refractivity contribution in [1.29, 1.82) is 0 Å². The van der Waals surface area contributed by atoms with Crippen LogP contribution in [-0.2, 0) is 16.1 Å². The number of rotatable bonds is 4. The Kier molecular flexibility index (Phi) is 4.87. The van der Waals surface area contributed by atoms with Crippen LogP contribution in [0, 0.1) is 0 Å². The molecule has 19 heavy (non-hydrogen) atoms. The minimum atomic E-state index is -0.343. The lowest BCUT2D eigenvalue weighted by Crippen LogP contribution is -2.50. The summed E-state index contributed by atoms with van der Waals surface area (Å²) < 4.78 is 5.07. The third-order valence-electron chi connectivity index (χ3n) is 3.51. The number of carbonyl (C=O) groups is 1. The molecule has 1 aromatic rings. The molecule has 1 aliphatic rings. The number of aromatic nitrogens is 1. The number of pyridine rings is 1. The summed E-state index contributed by atoms with van der Waals surface area (Å²) in [6.45, 7) is 6.04. The molecule has 0 spiro atoms. The highest BCUT2D eigenvalue weighted by Crippen LogP contribution is 2.09. The van der Waals surface area contributed by atoms with E-state index in [0.717, 1.165) is 32.7 Å². The second-order valence-corrected chi connectivity index (χ2v) is 4.84. The van der Waals surface area contributed by atoms with Gasteiger partial charge in [-0.25, -0.2) is 0 Å². The van der Waals surface area contributed by atoms with E-state index in [4.69, 9.17) is 4.74 Å². The van der Waals surface area contributed by atoms with Gasteiger partial charge in [0.2, 0.25) is 0 Å². The highest BCUT2D eigenvalue weighted by molar-refractivity contribution is 5.80. The molecule has 1 amide bonds. The summed E-state index contributed by atoms with van der Waals surface area (Å²) in [5.41, 5.74) is 1.22. The fraction of sp³-hybridized carbons (Fsp3) is 0.571. The van der Waals surface area contributed by atoms with Gasteiger partial charge in [-0.1, -0.05) is 6.07 Å². The van der Waals surface area contributed by atoms with Gasteiger partial charge < -0.3 is 9.64 Å². The molecule has 0 bridgehead atoms. The topological polar surface area (TPSA) is 45.7 Å².